The minimum absolute atomic E-state index is 0. The van der Waals surface area contributed by atoms with Crippen molar-refractivity contribution >= 4 is 34.1 Å². The third kappa shape index (κ3) is 2.52. The molecule has 0 saturated carbocycles. The number of hydrogen-bond donors (Lipinski definition) is 2. The van der Waals surface area contributed by atoms with E-state index in [0.717, 1.165) is 4.57 Å². The summed E-state index contributed by atoms with van der Waals surface area (Å²) in [7, 11) is 0. The van der Waals surface area contributed by atoms with Gasteiger partial charge in [-0.2, -0.15) is 0 Å². The quantitative estimate of drug-likeness (QED) is 0.521. The van der Waals surface area contributed by atoms with E-state index in [2.05, 4.69) is 17.2 Å². The van der Waals surface area contributed by atoms with Crippen LogP contribution in [0.2, 0.25) is 0 Å². The fourth-order valence-corrected chi connectivity index (χ4v) is 3.08. The van der Waals surface area contributed by atoms with Gasteiger partial charge in [0.05, 0.1) is 16.8 Å². The van der Waals surface area contributed by atoms with Crippen LogP contribution in [0.4, 0.5) is 10.5 Å². The molecule has 7 heteroatoms. The Morgan fingerprint density at radius 3 is 2.58 bits per heavy atom. The molecule has 2 aromatic carbocycles. The maximum Gasteiger partial charge on any atom is 0.326 e. The van der Waals surface area contributed by atoms with E-state index in [0.29, 0.717) is 22.2 Å². The zero-order valence-electron chi connectivity index (χ0n) is 13.5. The van der Waals surface area contributed by atoms with Crippen molar-refractivity contribution in [1.29, 1.82) is 0 Å². The largest absolute Gasteiger partial charge is 0.494 e. The van der Waals surface area contributed by atoms with Gasteiger partial charge in [-0.15, -0.1) is 6.54 Å². The van der Waals surface area contributed by atoms with Crippen LogP contribution < -0.4 is 5.32 Å². The van der Waals surface area contributed by atoms with E-state index < -0.39 is 6.03 Å². The van der Waals surface area contributed by atoms with Crippen LogP contribution >= 0.6 is 0 Å². The van der Waals surface area contributed by atoms with Gasteiger partial charge in [-0.25, -0.2) is 14.4 Å². The van der Waals surface area contributed by atoms with Crippen molar-refractivity contribution < 1.29 is 31.2 Å². The Bertz CT molecular complexity index is 1070. The number of fused-ring (bicyclic) bond motifs is 2. The zero-order chi connectivity index (χ0) is 17.6. The molecule has 6 nitrogen and oxygen atoms in total. The van der Waals surface area contributed by atoms with Gasteiger partial charge >= 0.3 is 6.03 Å². The third-order valence-electron chi connectivity index (χ3n) is 4.16. The number of Topliss-reactive ketones (excluding diaryl/α,β-unsaturated/α-hetero) is 1. The summed E-state index contributed by atoms with van der Waals surface area (Å²) in [5, 5.41) is 13.9. The van der Waals surface area contributed by atoms with Crippen molar-refractivity contribution in [3.05, 3.63) is 66.6 Å². The summed E-state index contributed by atoms with van der Waals surface area (Å²) in [6.45, 7) is 3.75. The van der Waals surface area contributed by atoms with Gasteiger partial charge in [0.2, 0.25) is 11.7 Å². The maximum absolute atomic E-state index is 12.7. The number of hydrogen-bond acceptors (Lipinski definition) is 4. The van der Waals surface area contributed by atoms with Crippen LogP contribution in [0.1, 0.15) is 15.9 Å². The van der Waals surface area contributed by atoms with E-state index in [1.54, 1.807) is 48.5 Å². The standard InChI is InChI=1S/C19H14N3O3.Ni/c1-2-20-19(25)22-14-10-6-4-8-12(14)15(18(22)24)16-17(23)11-7-3-5-9-13(11)21-16;/h3-10,24H,1-2H2,(H,20,25);/q-1;. The van der Waals surface area contributed by atoms with E-state index >= 15 is 0 Å². The fraction of sp³-hybridized carbons (Fsp3) is 0.0526. The van der Waals surface area contributed by atoms with Gasteiger partial charge in [0, 0.05) is 27.4 Å². The van der Waals surface area contributed by atoms with Crippen LogP contribution in [0.15, 0.2) is 53.5 Å². The molecule has 1 aliphatic rings. The molecule has 134 valence electrons. The second-order valence-electron chi connectivity index (χ2n) is 5.59. The molecule has 1 aromatic heterocycles. The fourth-order valence-electron chi connectivity index (χ4n) is 3.08. The Morgan fingerprint density at radius 1 is 1.15 bits per heavy atom. The molecule has 4 rings (SSSR count). The number of carbonyl (C=O) groups is 2. The molecule has 0 aliphatic carbocycles. The molecule has 0 fully saturated rings. The predicted molar refractivity (Wildman–Crippen MR) is 94.7 cm³/mol. The summed E-state index contributed by atoms with van der Waals surface area (Å²) in [6.07, 6.45) is 0. The molecule has 0 unspecified atom stereocenters. The number of aromatic hydroxyl groups is 1. The molecule has 0 radical (unpaired) electrons. The summed E-state index contributed by atoms with van der Waals surface area (Å²) >= 11 is 0. The van der Waals surface area contributed by atoms with Crippen molar-refractivity contribution in [3.63, 3.8) is 0 Å². The Hall–Kier alpha value is -2.92. The molecule has 0 bridgehead atoms. The Kier molecular flexibility index (Phi) is 4.66. The molecule has 0 saturated heterocycles. The first kappa shape index (κ1) is 17.9. The molecular formula is C19H14N3NiO3-. The van der Waals surface area contributed by atoms with Gasteiger partial charge in [0.25, 0.3) is 0 Å². The Labute approximate surface area is 159 Å². The average molecular weight is 391 g/mol. The van der Waals surface area contributed by atoms with Gasteiger partial charge in [-0.3, -0.25) is 4.79 Å². The van der Waals surface area contributed by atoms with Crippen molar-refractivity contribution in [2.24, 2.45) is 4.99 Å². The van der Waals surface area contributed by atoms with Gasteiger partial charge in [0.1, 0.15) is 5.71 Å². The minimum Gasteiger partial charge on any atom is -0.494 e. The number of carbonyl (C=O) groups excluding carboxylic acids is 2. The molecule has 0 spiro atoms. The molecular weight excluding hydrogens is 377 g/mol. The number of benzene rings is 2. The first-order valence-electron chi connectivity index (χ1n) is 7.76. The van der Waals surface area contributed by atoms with Crippen LogP contribution in [0.25, 0.3) is 10.9 Å². The number of amides is 1. The number of nitrogens with zero attached hydrogens (tertiary/aromatic N) is 2. The number of nitrogens with one attached hydrogen (secondary N) is 1. The third-order valence-corrected chi connectivity index (χ3v) is 4.16. The van der Waals surface area contributed by atoms with Crippen molar-refractivity contribution in [3.8, 4) is 5.88 Å². The zero-order valence-corrected chi connectivity index (χ0v) is 14.5. The molecule has 2 heterocycles. The van der Waals surface area contributed by atoms with Crippen LogP contribution in [-0.4, -0.2) is 33.7 Å². The minimum atomic E-state index is -0.515. The number of ketones is 1. The topological polar surface area (TPSA) is 83.7 Å². The number of para-hydroxylation sites is 2. The van der Waals surface area contributed by atoms with E-state index in [9.17, 15) is 14.7 Å². The molecule has 3 aromatic rings. The normalized spacial score (nSPS) is 12.5. The van der Waals surface area contributed by atoms with Crippen molar-refractivity contribution in [2.45, 2.75) is 0 Å². The molecule has 26 heavy (non-hydrogen) atoms. The van der Waals surface area contributed by atoms with Crippen LogP contribution in [0.5, 0.6) is 5.88 Å². The summed E-state index contributed by atoms with van der Waals surface area (Å²) in [5.41, 5.74) is 1.93. The first-order valence-corrected chi connectivity index (χ1v) is 7.76. The van der Waals surface area contributed by atoms with Crippen LogP contribution in [0, 0.1) is 6.92 Å². The molecule has 0 atom stereocenters. The summed E-state index contributed by atoms with van der Waals surface area (Å²) < 4.78 is 1.13. The second-order valence-corrected chi connectivity index (χ2v) is 5.59. The smallest absolute Gasteiger partial charge is 0.326 e. The molecule has 2 N–H and O–H groups in total. The van der Waals surface area contributed by atoms with Gasteiger partial charge in [-0.1, -0.05) is 30.3 Å². The Morgan fingerprint density at radius 2 is 1.85 bits per heavy atom. The summed E-state index contributed by atoms with van der Waals surface area (Å²) in [4.78, 5) is 29.5. The van der Waals surface area contributed by atoms with E-state index in [-0.39, 0.29) is 46.0 Å². The summed E-state index contributed by atoms with van der Waals surface area (Å²) in [5.74, 6) is -0.585. The monoisotopic (exact) mass is 390 g/mol. The van der Waals surface area contributed by atoms with Gasteiger partial charge < -0.3 is 17.3 Å². The maximum atomic E-state index is 12.7. The Balaban J connectivity index is 0.00000196. The number of aromatic nitrogens is 1. The van der Waals surface area contributed by atoms with Crippen LogP contribution in [0.3, 0.4) is 0 Å². The van der Waals surface area contributed by atoms with Crippen molar-refractivity contribution in [1.82, 2.24) is 9.88 Å². The summed E-state index contributed by atoms with van der Waals surface area (Å²) in [6, 6.07) is 13.5. The molecule has 1 aliphatic heterocycles. The van der Waals surface area contributed by atoms with Gasteiger partial charge in [-0.05, 0) is 18.2 Å². The number of rotatable bonds is 2. The second kappa shape index (κ2) is 6.77. The van der Waals surface area contributed by atoms with Crippen LogP contribution in [-0.2, 0) is 16.5 Å². The SMILES string of the molecule is [CH2-]CNC(=O)n1c(O)c(C2=Nc3ccccc3C2=O)c2ccccc21.[Ni]. The van der Waals surface area contributed by atoms with E-state index in [1.807, 2.05) is 0 Å². The van der Waals surface area contributed by atoms with E-state index in [4.69, 9.17) is 0 Å². The van der Waals surface area contributed by atoms with Crippen molar-refractivity contribution in [2.75, 3.05) is 6.54 Å². The average Bonchev–Trinajstić information content (AvgIpc) is 3.09. The predicted octanol–water partition coefficient (Wildman–Crippen LogP) is 3.05. The number of aliphatic imine (C=N–C) groups is 1. The van der Waals surface area contributed by atoms with Gasteiger partial charge in [0.15, 0.2) is 0 Å². The first-order chi connectivity index (χ1) is 12.1. The molecule has 1 amide bonds. The van der Waals surface area contributed by atoms with E-state index in [1.165, 1.54) is 0 Å².